The number of nitrogens with zero attached hydrogens (tertiary/aromatic N) is 1. The Labute approximate surface area is 125 Å². The van der Waals surface area contributed by atoms with Gasteiger partial charge in [0.2, 0.25) is 0 Å². The highest BCUT2D eigenvalue weighted by Crippen LogP contribution is 2.29. The average molecular weight is 288 g/mol. The molecule has 2 aromatic rings. The van der Waals surface area contributed by atoms with Crippen LogP contribution in [0.15, 0.2) is 24.4 Å². The first-order chi connectivity index (χ1) is 9.82. The van der Waals surface area contributed by atoms with Crippen LogP contribution in [0, 0.1) is 0 Å². The summed E-state index contributed by atoms with van der Waals surface area (Å²) >= 11 is 0. The lowest BCUT2D eigenvalue weighted by molar-refractivity contribution is -0.137. The topological polar surface area (TPSA) is 68.2 Å². The molecule has 0 saturated carbocycles. The maximum atomic E-state index is 11.0. The zero-order valence-corrected chi connectivity index (χ0v) is 13.0. The van der Waals surface area contributed by atoms with Gasteiger partial charge in [-0.3, -0.25) is 4.79 Å². The third-order valence-corrected chi connectivity index (χ3v) is 3.79. The summed E-state index contributed by atoms with van der Waals surface area (Å²) in [4.78, 5) is 11.0. The summed E-state index contributed by atoms with van der Waals surface area (Å²) in [6.45, 7) is 7.18. The van der Waals surface area contributed by atoms with E-state index in [9.17, 15) is 4.79 Å². The van der Waals surface area contributed by atoms with Crippen molar-refractivity contribution in [1.82, 2.24) is 4.57 Å². The molecule has 0 atom stereocenters. The number of fused-ring (bicyclic) bond motifs is 1. The number of carbonyl (C=O) groups is 1. The smallest absolute Gasteiger partial charge is 0.323 e. The molecular weight excluding hydrogens is 264 g/mol. The minimum absolute atomic E-state index is 0.00596. The third-order valence-electron chi connectivity index (χ3n) is 3.79. The number of benzene rings is 1. The fourth-order valence-electron chi connectivity index (χ4n) is 2.61. The Morgan fingerprint density at radius 1 is 1.33 bits per heavy atom. The average Bonchev–Trinajstić information content (AvgIpc) is 2.72. The summed E-state index contributed by atoms with van der Waals surface area (Å²) in [7, 11) is 0. The Bertz CT molecular complexity index is 651. The molecule has 3 N–H and O–H groups in total. The lowest BCUT2D eigenvalue weighted by atomic mass is 9.86. The highest BCUT2D eigenvalue weighted by molar-refractivity contribution is 5.86. The molecule has 0 fully saturated rings. The second-order valence-corrected chi connectivity index (χ2v) is 6.55. The van der Waals surface area contributed by atoms with Crippen molar-refractivity contribution in [2.75, 3.05) is 6.54 Å². The van der Waals surface area contributed by atoms with Crippen LogP contribution in [0.1, 0.15) is 38.3 Å². The molecule has 0 aliphatic rings. The molecule has 4 nitrogen and oxygen atoms in total. The standard InChI is InChI=1S/C17H24N2O2/c1-17(2,3)13-6-7-15-14(9-13)12(5-4-8-18)10-19(15)11-16(20)21/h6-7,9-10H,4-5,8,11,18H2,1-3H3,(H,20,21). The number of rotatable bonds is 5. The fourth-order valence-corrected chi connectivity index (χ4v) is 2.61. The van der Waals surface area contributed by atoms with Crippen molar-refractivity contribution in [1.29, 1.82) is 0 Å². The third kappa shape index (κ3) is 3.45. The predicted molar refractivity (Wildman–Crippen MR) is 85.6 cm³/mol. The summed E-state index contributed by atoms with van der Waals surface area (Å²) in [5.74, 6) is -0.822. The summed E-state index contributed by atoms with van der Waals surface area (Å²) in [6.07, 6.45) is 3.75. The highest BCUT2D eigenvalue weighted by Gasteiger charge is 2.17. The number of hydrogen-bond donors (Lipinski definition) is 2. The fraction of sp³-hybridized carbons (Fsp3) is 0.471. The van der Waals surface area contributed by atoms with Crippen LogP contribution in [0.4, 0.5) is 0 Å². The van der Waals surface area contributed by atoms with E-state index in [0.29, 0.717) is 6.54 Å². The molecule has 0 bridgehead atoms. The Balaban J connectivity index is 2.55. The van der Waals surface area contributed by atoms with Crippen LogP contribution in [-0.2, 0) is 23.2 Å². The summed E-state index contributed by atoms with van der Waals surface area (Å²) in [5.41, 5.74) is 9.11. The molecule has 2 rings (SSSR count). The molecule has 0 unspecified atom stereocenters. The van der Waals surface area contributed by atoms with Gasteiger partial charge in [-0.15, -0.1) is 0 Å². The van der Waals surface area contributed by atoms with E-state index in [1.54, 1.807) is 0 Å². The molecule has 4 heteroatoms. The summed E-state index contributed by atoms with van der Waals surface area (Å²) < 4.78 is 1.82. The van der Waals surface area contributed by atoms with Crippen molar-refractivity contribution in [3.63, 3.8) is 0 Å². The van der Waals surface area contributed by atoms with Gasteiger partial charge in [0, 0.05) is 17.1 Å². The Morgan fingerprint density at radius 2 is 2.05 bits per heavy atom. The van der Waals surface area contributed by atoms with Gasteiger partial charge in [0.05, 0.1) is 0 Å². The molecule has 0 aliphatic heterocycles. The zero-order chi connectivity index (χ0) is 15.6. The van der Waals surface area contributed by atoms with Crippen molar-refractivity contribution < 1.29 is 9.90 Å². The monoisotopic (exact) mass is 288 g/mol. The molecule has 0 saturated heterocycles. The van der Waals surface area contributed by atoms with E-state index in [-0.39, 0.29) is 12.0 Å². The Kier molecular flexibility index (Phi) is 4.37. The number of nitrogens with two attached hydrogens (primary N) is 1. The van der Waals surface area contributed by atoms with Gasteiger partial charge in [0.25, 0.3) is 0 Å². The van der Waals surface area contributed by atoms with E-state index in [4.69, 9.17) is 10.8 Å². The van der Waals surface area contributed by atoms with E-state index in [1.807, 2.05) is 16.8 Å². The molecule has 21 heavy (non-hydrogen) atoms. The number of carboxylic acid groups (broad SMARTS) is 1. The molecular formula is C17H24N2O2. The van der Waals surface area contributed by atoms with Gasteiger partial charge < -0.3 is 15.4 Å². The normalized spacial score (nSPS) is 12.0. The van der Waals surface area contributed by atoms with Crippen LogP contribution < -0.4 is 5.73 Å². The number of aryl methyl sites for hydroxylation is 1. The first kappa shape index (κ1) is 15.6. The molecule has 0 radical (unpaired) electrons. The van der Waals surface area contributed by atoms with Crippen molar-refractivity contribution in [3.8, 4) is 0 Å². The van der Waals surface area contributed by atoms with Gasteiger partial charge in [-0.2, -0.15) is 0 Å². The zero-order valence-electron chi connectivity index (χ0n) is 13.0. The second kappa shape index (κ2) is 5.90. The van der Waals surface area contributed by atoms with Gasteiger partial charge in [-0.05, 0) is 48.1 Å². The summed E-state index contributed by atoms with van der Waals surface area (Å²) in [5, 5.41) is 10.2. The first-order valence-corrected chi connectivity index (χ1v) is 7.37. The maximum Gasteiger partial charge on any atom is 0.323 e. The summed E-state index contributed by atoms with van der Waals surface area (Å²) in [6, 6.07) is 6.32. The molecule has 1 aromatic carbocycles. The molecule has 0 amide bonds. The second-order valence-electron chi connectivity index (χ2n) is 6.55. The van der Waals surface area contributed by atoms with Crippen molar-refractivity contribution in [3.05, 3.63) is 35.5 Å². The van der Waals surface area contributed by atoms with Crippen molar-refractivity contribution >= 4 is 16.9 Å². The van der Waals surface area contributed by atoms with Gasteiger partial charge in [0.15, 0.2) is 0 Å². The molecule has 1 aromatic heterocycles. The van der Waals surface area contributed by atoms with Gasteiger partial charge in [-0.1, -0.05) is 26.8 Å². The Morgan fingerprint density at radius 3 is 2.62 bits per heavy atom. The largest absolute Gasteiger partial charge is 0.480 e. The minimum Gasteiger partial charge on any atom is -0.480 e. The predicted octanol–water partition coefficient (Wildman–Crippen LogP) is 2.91. The van der Waals surface area contributed by atoms with Crippen molar-refractivity contribution in [2.24, 2.45) is 5.73 Å². The molecule has 0 spiro atoms. The molecule has 1 heterocycles. The van der Waals surface area contributed by atoms with Gasteiger partial charge >= 0.3 is 5.97 Å². The van der Waals surface area contributed by atoms with Crippen LogP contribution in [-0.4, -0.2) is 22.2 Å². The SMILES string of the molecule is CC(C)(C)c1ccc2c(c1)c(CCCN)cn2CC(=O)O. The van der Waals surface area contributed by atoms with E-state index >= 15 is 0 Å². The highest BCUT2D eigenvalue weighted by atomic mass is 16.4. The van der Waals surface area contributed by atoms with Crippen LogP contribution in [0.2, 0.25) is 0 Å². The van der Waals surface area contributed by atoms with E-state index in [0.717, 1.165) is 23.7 Å². The quantitative estimate of drug-likeness (QED) is 0.889. The first-order valence-electron chi connectivity index (χ1n) is 7.37. The number of aliphatic carboxylic acids is 1. The van der Waals surface area contributed by atoms with Crippen LogP contribution >= 0.6 is 0 Å². The van der Waals surface area contributed by atoms with E-state index < -0.39 is 5.97 Å². The maximum absolute atomic E-state index is 11.0. The van der Waals surface area contributed by atoms with Crippen LogP contribution in [0.5, 0.6) is 0 Å². The lowest BCUT2D eigenvalue weighted by Gasteiger charge is -2.19. The van der Waals surface area contributed by atoms with Crippen LogP contribution in [0.3, 0.4) is 0 Å². The van der Waals surface area contributed by atoms with Gasteiger partial charge in [-0.25, -0.2) is 0 Å². The number of hydrogen-bond acceptors (Lipinski definition) is 2. The van der Waals surface area contributed by atoms with Crippen molar-refractivity contribution in [2.45, 2.75) is 45.6 Å². The number of aromatic nitrogens is 1. The van der Waals surface area contributed by atoms with E-state index in [2.05, 4.69) is 32.9 Å². The Hall–Kier alpha value is -1.81. The van der Waals surface area contributed by atoms with Gasteiger partial charge in [0.1, 0.15) is 6.54 Å². The molecule has 114 valence electrons. The van der Waals surface area contributed by atoms with Crippen LogP contribution in [0.25, 0.3) is 10.9 Å². The number of carboxylic acids is 1. The molecule has 0 aliphatic carbocycles. The minimum atomic E-state index is -0.822. The van der Waals surface area contributed by atoms with E-state index in [1.165, 1.54) is 11.1 Å². The lowest BCUT2D eigenvalue weighted by Crippen LogP contribution is -2.11.